The van der Waals surface area contributed by atoms with Gasteiger partial charge in [-0.3, -0.25) is 0 Å². The number of nitrogens with zero attached hydrogens (tertiary/aromatic N) is 3. The molecule has 3 rings (SSSR count). The van der Waals surface area contributed by atoms with E-state index in [1.165, 1.54) is 12.4 Å². The summed E-state index contributed by atoms with van der Waals surface area (Å²) in [4.78, 5) is 8.83. The van der Waals surface area contributed by atoms with Crippen LogP contribution in [0, 0.1) is 0 Å². The first-order valence-corrected chi connectivity index (χ1v) is 12.2. The molecule has 0 saturated carbocycles. The van der Waals surface area contributed by atoms with Crippen LogP contribution in [-0.2, 0) is 21.2 Å². The smallest absolute Gasteiger partial charge is 0.246 e. The van der Waals surface area contributed by atoms with Gasteiger partial charge in [0.1, 0.15) is 10.7 Å². The molecule has 1 aliphatic heterocycles. The Morgan fingerprint density at radius 2 is 1.90 bits per heavy atom. The van der Waals surface area contributed by atoms with Crippen LogP contribution in [0.25, 0.3) is 0 Å². The zero-order valence-electron chi connectivity index (χ0n) is 17.8. The molecule has 1 aromatic heterocycles. The number of morpholine rings is 1. The molecule has 30 heavy (non-hydrogen) atoms. The number of hydrogen-bond acceptors (Lipinski definition) is 6. The predicted molar refractivity (Wildman–Crippen MR) is 117 cm³/mol. The Bertz CT molecular complexity index is 869. The Hall–Kier alpha value is -1.87. The number of benzene rings is 1. The minimum atomic E-state index is -3.70. The summed E-state index contributed by atoms with van der Waals surface area (Å²) in [5.41, 5.74) is 1.14. The lowest BCUT2D eigenvalue weighted by Crippen LogP contribution is -2.42. The standard InChI is InChI=1S/C22H32N4O3S/c1-3-8-19(14-18-9-6-5-7-10-18)26(12-4-2)30(27,28)20-15-24-22(25-16-20)21-17-29-13-11-23-21/h5-7,9-10,15-16,19,21,23H,3-4,8,11-14,17H2,1-2H3. The lowest BCUT2D eigenvalue weighted by Gasteiger charge is -2.31. The van der Waals surface area contributed by atoms with Crippen molar-refractivity contribution in [3.05, 3.63) is 54.1 Å². The van der Waals surface area contributed by atoms with Crippen molar-refractivity contribution < 1.29 is 13.2 Å². The number of rotatable bonds is 10. The molecule has 0 amide bonds. The summed E-state index contributed by atoms with van der Waals surface area (Å²) in [6.07, 6.45) is 6.02. The first-order chi connectivity index (χ1) is 14.6. The van der Waals surface area contributed by atoms with Gasteiger partial charge in [0.05, 0.1) is 31.6 Å². The van der Waals surface area contributed by atoms with Gasteiger partial charge in [-0.15, -0.1) is 0 Å². The first kappa shape index (κ1) is 22.8. The zero-order valence-corrected chi connectivity index (χ0v) is 18.6. The monoisotopic (exact) mass is 432 g/mol. The SMILES string of the molecule is CCCC(Cc1ccccc1)N(CCC)S(=O)(=O)c1cnc(C2COCCN2)nc1. The van der Waals surface area contributed by atoms with Crippen molar-refractivity contribution in [1.29, 1.82) is 0 Å². The van der Waals surface area contributed by atoms with Gasteiger partial charge in [-0.1, -0.05) is 50.6 Å². The fourth-order valence-corrected chi connectivity index (χ4v) is 5.43. The van der Waals surface area contributed by atoms with E-state index in [4.69, 9.17) is 4.74 Å². The van der Waals surface area contributed by atoms with E-state index >= 15 is 0 Å². The van der Waals surface area contributed by atoms with Crippen molar-refractivity contribution in [1.82, 2.24) is 19.6 Å². The van der Waals surface area contributed by atoms with Crippen molar-refractivity contribution in [2.45, 2.75) is 56.5 Å². The van der Waals surface area contributed by atoms with Crippen molar-refractivity contribution in [3.63, 3.8) is 0 Å². The molecule has 1 N–H and O–H groups in total. The zero-order chi connectivity index (χ0) is 21.4. The average Bonchev–Trinajstić information content (AvgIpc) is 2.78. The van der Waals surface area contributed by atoms with Gasteiger partial charge in [0, 0.05) is 19.1 Å². The van der Waals surface area contributed by atoms with E-state index in [9.17, 15) is 8.42 Å². The van der Waals surface area contributed by atoms with Gasteiger partial charge < -0.3 is 10.1 Å². The summed E-state index contributed by atoms with van der Waals surface area (Å²) < 4.78 is 34.1. The predicted octanol–water partition coefficient (Wildman–Crippen LogP) is 2.95. The number of aromatic nitrogens is 2. The second-order valence-corrected chi connectivity index (χ2v) is 9.50. The van der Waals surface area contributed by atoms with Crippen LogP contribution >= 0.6 is 0 Å². The summed E-state index contributed by atoms with van der Waals surface area (Å²) in [5.74, 6) is 0.560. The summed E-state index contributed by atoms with van der Waals surface area (Å²) in [6.45, 7) is 6.45. The van der Waals surface area contributed by atoms with E-state index in [0.717, 1.165) is 31.4 Å². The third kappa shape index (κ3) is 5.63. The van der Waals surface area contributed by atoms with Crippen molar-refractivity contribution in [3.8, 4) is 0 Å². The molecule has 2 atom stereocenters. The Morgan fingerprint density at radius 1 is 1.17 bits per heavy atom. The van der Waals surface area contributed by atoms with Gasteiger partial charge in [0.2, 0.25) is 10.0 Å². The van der Waals surface area contributed by atoms with Crippen molar-refractivity contribution >= 4 is 10.0 Å². The highest BCUT2D eigenvalue weighted by molar-refractivity contribution is 7.89. The quantitative estimate of drug-likeness (QED) is 0.621. The number of nitrogens with one attached hydrogen (secondary N) is 1. The third-order valence-electron chi connectivity index (χ3n) is 5.28. The molecule has 2 heterocycles. The lowest BCUT2D eigenvalue weighted by molar-refractivity contribution is 0.0741. The molecule has 7 nitrogen and oxygen atoms in total. The van der Waals surface area contributed by atoms with Gasteiger partial charge in [0.15, 0.2) is 0 Å². The first-order valence-electron chi connectivity index (χ1n) is 10.7. The van der Waals surface area contributed by atoms with Crippen LogP contribution in [0.3, 0.4) is 0 Å². The van der Waals surface area contributed by atoms with Gasteiger partial charge in [0.25, 0.3) is 0 Å². The molecular weight excluding hydrogens is 400 g/mol. The van der Waals surface area contributed by atoms with E-state index in [1.807, 2.05) is 25.1 Å². The minimum absolute atomic E-state index is 0.101. The maximum Gasteiger partial charge on any atom is 0.246 e. The van der Waals surface area contributed by atoms with E-state index < -0.39 is 10.0 Å². The number of sulfonamides is 1. The van der Waals surface area contributed by atoms with Crippen LogP contribution in [0.4, 0.5) is 0 Å². The van der Waals surface area contributed by atoms with Crippen molar-refractivity contribution in [2.75, 3.05) is 26.3 Å². The maximum atomic E-state index is 13.5. The molecule has 0 radical (unpaired) electrons. The molecule has 2 unspecified atom stereocenters. The van der Waals surface area contributed by atoms with E-state index in [2.05, 4.69) is 34.3 Å². The van der Waals surface area contributed by atoms with E-state index in [0.29, 0.717) is 32.0 Å². The average molecular weight is 433 g/mol. The largest absolute Gasteiger partial charge is 0.378 e. The highest BCUT2D eigenvalue weighted by Gasteiger charge is 2.31. The molecule has 1 aliphatic rings. The molecule has 1 fully saturated rings. The molecule has 0 spiro atoms. The molecule has 1 aromatic carbocycles. The number of hydrogen-bond donors (Lipinski definition) is 1. The highest BCUT2D eigenvalue weighted by Crippen LogP contribution is 2.23. The van der Waals surface area contributed by atoms with Gasteiger partial charge in [-0.25, -0.2) is 18.4 Å². The Morgan fingerprint density at radius 3 is 2.50 bits per heavy atom. The molecule has 0 bridgehead atoms. The second-order valence-electron chi connectivity index (χ2n) is 7.61. The Labute approximate surface area is 179 Å². The van der Waals surface area contributed by atoms with Gasteiger partial charge >= 0.3 is 0 Å². The minimum Gasteiger partial charge on any atom is -0.378 e. The van der Waals surface area contributed by atoms with Crippen LogP contribution in [0.5, 0.6) is 0 Å². The van der Waals surface area contributed by atoms with E-state index in [-0.39, 0.29) is 17.0 Å². The molecule has 8 heteroatoms. The molecular formula is C22H32N4O3S. The molecule has 164 valence electrons. The van der Waals surface area contributed by atoms with Crippen LogP contribution in [-0.4, -0.2) is 55.0 Å². The topological polar surface area (TPSA) is 84.4 Å². The van der Waals surface area contributed by atoms with Crippen LogP contribution in [0.1, 0.15) is 50.5 Å². The fourth-order valence-electron chi connectivity index (χ4n) is 3.79. The lowest BCUT2D eigenvalue weighted by atomic mass is 10.0. The normalized spacial score (nSPS) is 18.4. The fraction of sp³-hybridized carbons (Fsp3) is 0.545. The van der Waals surface area contributed by atoms with Crippen molar-refractivity contribution in [2.24, 2.45) is 0 Å². The Balaban J connectivity index is 1.84. The molecule has 1 saturated heterocycles. The summed E-state index contributed by atoms with van der Waals surface area (Å²) in [6, 6.07) is 9.86. The summed E-state index contributed by atoms with van der Waals surface area (Å²) >= 11 is 0. The highest BCUT2D eigenvalue weighted by atomic mass is 32.2. The van der Waals surface area contributed by atoms with Gasteiger partial charge in [-0.05, 0) is 24.8 Å². The second kappa shape index (κ2) is 10.9. The van der Waals surface area contributed by atoms with Crippen LogP contribution in [0.15, 0.2) is 47.6 Å². The summed E-state index contributed by atoms with van der Waals surface area (Å²) in [7, 11) is -3.70. The molecule has 2 aromatic rings. The van der Waals surface area contributed by atoms with Crippen LogP contribution < -0.4 is 5.32 Å². The third-order valence-corrected chi connectivity index (χ3v) is 7.18. The number of ether oxygens (including phenoxy) is 1. The summed E-state index contributed by atoms with van der Waals surface area (Å²) in [5, 5.41) is 3.29. The van der Waals surface area contributed by atoms with Gasteiger partial charge in [-0.2, -0.15) is 4.31 Å². The Kier molecular flexibility index (Phi) is 8.32. The van der Waals surface area contributed by atoms with Crippen LogP contribution in [0.2, 0.25) is 0 Å². The van der Waals surface area contributed by atoms with E-state index in [1.54, 1.807) is 4.31 Å². The maximum absolute atomic E-state index is 13.5. The molecule has 0 aliphatic carbocycles.